The number of sulfonamides is 1. The maximum absolute atomic E-state index is 13.2. The first kappa shape index (κ1) is 21.9. The van der Waals surface area contributed by atoms with Gasteiger partial charge in [0, 0.05) is 31.9 Å². The Hall–Kier alpha value is -3.35. The van der Waals surface area contributed by atoms with Crippen LogP contribution >= 0.6 is 0 Å². The molecule has 1 fully saturated rings. The molecule has 1 aliphatic heterocycles. The molecular formula is C23H25N5O3S. The molecule has 1 amide bonds. The Morgan fingerprint density at radius 2 is 1.91 bits per heavy atom. The molecule has 4 rings (SSSR count). The number of terminal acetylenes is 1. The van der Waals surface area contributed by atoms with Crippen molar-refractivity contribution in [3.63, 3.8) is 0 Å². The van der Waals surface area contributed by atoms with Gasteiger partial charge in [-0.2, -0.15) is 4.31 Å². The van der Waals surface area contributed by atoms with Gasteiger partial charge in [0.05, 0.1) is 12.9 Å². The molecule has 0 radical (unpaired) electrons. The Kier molecular flexibility index (Phi) is 6.17. The average Bonchev–Trinajstić information content (AvgIpc) is 3.39. The van der Waals surface area contributed by atoms with Crippen LogP contribution in [0.15, 0.2) is 53.8 Å². The monoisotopic (exact) mass is 451 g/mol. The summed E-state index contributed by atoms with van der Waals surface area (Å²) >= 11 is 0. The summed E-state index contributed by atoms with van der Waals surface area (Å²) in [5.74, 6) is 2.57. The van der Waals surface area contributed by atoms with Crippen molar-refractivity contribution in [2.45, 2.75) is 30.7 Å². The molecule has 2 aromatic heterocycles. The van der Waals surface area contributed by atoms with E-state index in [0.29, 0.717) is 24.6 Å². The molecule has 8 nitrogen and oxygen atoms in total. The molecular weight excluding hydrogens is 426 g/mol. The number of hydrogen-bond donors (Lipinski definition) is 1. The number of carbonyl (C=O) groups is 1. The number of nitrogens with one attached hydrogen (secondary N) is 1. The number of anilines is 1. The molecule has 3 aromatic rings. The Bertz CT molecular complexity index is 1260. The zero-order valence-electron chi connectivity index (χ0n) is 17.9. The highest BCUT2D eigenvalue weighted by Crippen LogP contribution is 2.28. The molecule has 1 aromatic carbocycles. The molecule has 0 atom stereocenters. The van der Waals surface area contributed by atoms with E-state index in [-0.39, 0.29) is 17.1 Å². The number of amides is 1. The van der Waals surface area contributed by atoms with Crippen molar-refractivity contribution in [1.82, 2.24) is 18.4 Å². The molecule has 3 heterocycles. The number of hydrogen-bond acceptors (Lipinski definition) is 4. The number of aryl methyl sites for hydroxylation is 1. The van der Waals surface area contributed by atoms with Crippen LogP contribution in [-0.4, -0.2) is 45.8 Å². The van der Waals surface area contributed by atoms with Gasteiger partial charge in [0.2, 0.25) is 10.0 Å². The summed E-state index contributed by atoms with van der Waals surface area (Å²) in [5, 5.41) is 2.88. The zero-order chi connectivity index (χ0) is 22.7. The highest BCUT2D eigenvalue weighted by atomic mass is 32.2. The number of benzene rings is 1. The van der Waals surface area contributed by atoms with E-state index in [4.69, 9.17) is 6.42 Å². The van der Waals surface area contributed by atoms with Crippen molar-refractivity contribution in [2.75, 3.05) is 18.4 Å². The van der Waals surface area contributed by atoms with Crippen LogP contribution in [0.1, 0.15) is 29.8 Å². The first-order valence-corrected chi connectivity index (χ1v) is 11.9. The summed E-state index contributed by atoms with van der Waals surface area (Å²) < 4.78 is 30.7. The minimum Gasteiger partial charge on any atom is -0.345 e. The van der Waals surface area contributed by atoms with Crippen LogP contribution in [0.5, 0.6) is 0 Å². The van der Waals surface area contributed by atoms with Gasteiger partial charge in [0.25, 0.3) is 5.91 Å². The van der Waals surface area contributed by atoms with E-state index in [0.717, 1.165) is 24.8 Å². The quantitative estimate of drug-likeness (QED) is 0.584. The highest BCUT2D eigenvalue weighted by Gasteiger charge is 2.29. The number of piperidine rings is 1. The minimum atomic E-state index is -3.64. The predicted molar refractivity (Wildman–Crippen MR) is 122 cm³/mol. The minimum absolute atomic E-state index is 0.118. The number of rotatable bonds is 6. The van der Waals surface area contributed by atoms with Crippen LogP contribution in [-0.2, 0) is 23.6 Å². The largest absolute Gasteiger partial charge is 0.345 e. The molecule has 0 bridgehead atoms. The van der Waals surface area contributed by atoms with Gasteiger partial charge in [-0.1, -0.05) is 42.7 Å². The van der Waals surface area contributed by atoms with Crippen molar-refractivity contribution in [2.24, 2.45) is 7.05 Å². The van der Waals surface area contributed by atoms with Crippen LogP contribution in [0.3, 0.4) is 0 Å². The van der Waals surface area contributed by atoms with Crippen LogP contribution in [0, 0.1) is 12.3 Å². The molecule has 32 heavy (non-hydrogen) atoms. The van der Waals surface area contributed by atoms with E-state index in [1.165, 1.54) is 21.1 Å². The normalized spacial score (nSPS) is 14.8. The first-order valence-electron chi connectivity index (χ1n) is 10.4. The van der Waals surface area contributed by atoms with Gasteiger partial charge in [0.1, 0.15) is 22.1 Å². The van der Waals surface area contributed by atoms with Crippen molar-refractivity contribution >= 4 is 21.7 Å². The van der Waals surface area contributed by atoms with E-state index in [9.17, 15) is 13.2 Å². The van der Waals surface area contributed by atoms with Gasteiger partial charge in [0.15, 0.2) is 0 Å². The number of aromatic nitrogens is 3. The fourth-order valence-electron chi connectivity index (χ4n) is 3.87. The second-order valence-electron chi connectivity index (χ2n) is 7.73. The summed E-state index contributed by atoms with van der Waals surface area (Å²) in [6, 6.07) is 10.9. The number of carbonyl (C=O) groups excluding carboxylic acids is 1. The van der Waals surface area contributed by atoms with Gasteiger partial charge in [-0.3, -0.25) is 4.79 Å². The Labute approximate surface area is 187 Å². The van der Waals surface area contributed by atoms with Gasteiger partial charge >= 0.3 is 0 Å². The SMILES string of the molecule is C#CCn1cnc(-c2ccccc2)c1NC(=O)c1cc(S(=O)(=O)N2CCCCC2)cn1C. The number of nitrogens with zero attached hydrogens (tertiary/aromatic N) is 4. The lowest BCUT2D eigenvalue weighted by molar-refractivity contribution is 0.101. The third kappa shape index (κ3) is 4.20. The van der Waals surface area contributed by atoms with Gasteiger partial charge in [-0.05, 0) is 18.9 Å². The highest BCUT2D eigenvalue weighted by molar-refractivity contribution is 7.89. The van der Waals surface area contributed by atoms with E-state index < -0.39 is 15.9 Å². The third-order valence-corrected chi connectivity index (χ3v) is 7.41. The zero-order valence-corrected chi connectivity index (χ0v) is 18.7. The molecule has 0 spiro atoms. The summed E-state index contributed by atoms with van der Waals surface area (Å²) in [6.07, 6.45) is 11.3. The van der Waals surface area contributed by atoms with Crippen LogP contribution < -0.4 is 5.32 Å². The number of imidazole rings is 1. The maximum Gasteiger partial charge on any atom is 0.273 e. The molecule has 1 aliphatic rings. The summed E-state index contributed by atoms with van der Waals surface area (Å²) in [4.78, 5) is 17.7. The lowest BCUT2D eigenvalue weighted by atomic mass is 10.1. The van der Waals surface area contributed by atoms with E-state index in [2.05, 4.69) is 16.2 Å². The molecule has 0 unspecified atom stereocenters. The first-order chi connectivity index (χ1) is 15.4. The fraction of sp³-hybridized carbons (Fsp3) is 0.304. The topological polar surface area (TPSA) is 89.2 Å². The Balaban J connectivity index is 1.64. The van der Waals surface area contributed by atoms with Crippen molar-refractivity contribution in [3.05, 3.63) is 54.6 Å². The van der Waals surface area contributed by atoms with E-state index >= 15 is 0 Å². The van der Waals surface area contributed by atoms with Crippen LogP contribution in [0.4, 0.5) is 5.82 Å². The lowest BCUT2D eigenvalue weighted by Crippen LogP contribution is -2.35. The average molecular weight is 452 g/mol. The van der Waals surface area contributed by atoms with Gasteiger partial charge < -0.3 is 14.5 Å². The van der Waals surface area contributed by atoms with E-state index in [1.807, 2.05) is 30.3 Å². The summed E-state index contributed by atoms with van der Waals surface area (Å²) in [7, 11) is -1.99. The maximum atomic E-state index is 13.2. The van der Waals surface area contributed by atoms with Gasteiger partial charge in [-0.25, -0.2) is 13.4 Å². The third-order valence-electron chi connectivity index (χ3n) is 5.54. The Morgan fingerprint density at radius 3 is 2.59 bits per heavy atom. The molecule has 0 aliphatic carbocycles. The fourth-order valence-corrected chi connectivity index (χ4v) is 5.45. The standard InChI is InChI=1S/C23H25N5O3S/c1-3-12-27-17-24-21(18-10-6-4-7-11-18)22(27)25-23(29)20-15-19(16-26(20)2)32(30,31)28-13-8-5-9-14-28/h1,4,6-7,10-11,15-17H,5,8-9,12-14H2,2H3,(H,25,29). The van der Waals surface area contributed by atoms with Crippen molar-refractivity contribution < 1.29 is 13.2 Å². The molecule has 9 heteroatoms. The summed E-state index contributed by atoms with van der Waals surface area (Å²) in [5.41, 5.74) is 1.65. The molecule has 0 saturated carbocycles. The molecule has 166 valence electrons. The lowest BCUT2D eigenvalue weighted by Gasteiger charge is -2.25. The van der Waals surface area contributed by atoms with Crippen LogP contribution in [0.2, 0.25) is 0 Å². The molecule has 1 saturated heterocycles. The predicted octanol–water partition coefficient (Wildman–Crippen LogP) is 2.95. The Morgan fingerprint density at radius 1 is 1.19 bits per heavy atom. The van der Waals surface area contributed by atoms with Crippen molar-refractivity contribution in [1.29, 1.82) is 0 Å². The van der Waals surface area contributed by atoms with Crippen molar-refractivity contribution in [3.8, 4) is 23.6 Å². The second-order valence-corrected chi connectivity index (χ2v) is 9.67. The molecule has 1 N–H and O–H groups in total. The summed E-state index contributed by atoms with van der Waals surface area (Å²) in [6.45, 7) is 1.24. The smallest absolute Gasteiger partial charge is 0.273 e. The van der Waals surface area contributed by atoms with E-state index in [1.54, 1.807) is 17.9 Å². The van der Waals surface area contributed by atoms with Crippen LogP contribution in [0.25, 0.3) is 11.3 Å². The van der Waals surface area contributed by atoms with Gasteiger partial charge in [-0.15, -0.1) is 6.42 Å². The second kappa shape index (κ2) is 9.02.